The first-order valence-electron chi connectivity index (χ1n) is 7.34. The molecule has 1 saturated heterocycles. The smallest absolute Gasteiger partial charge is 0.269 e. The maximum absolute atomic E-state index is 12.5. The second-order valence-corrected chi connectivity index (χ2v) is 5.69. The van der Waals surface area contributed by atoms with Gasteiger partial charge in [0.05, 0.1) is 13.2 Å². The number of carbonyl (C=O) groups is 2. The van der Waals surface area contributed by atoms with Crippen molar-refractivity contribution < 1.29 is 14.3 Å². The van der Waals surface area contributed by atoms with Gasteiger partial charge in [-0.2, -0.15) is 5.26 Å². The van der Waals surface area contributed by atoms with Gasteiger partial charge in [-0.05, 0) is 18.4 Å². The average molecular weight is 346 g/mol. The number of amides is 2. The van der Waals surface area contributed by atoms with E-state index in [-0.39, 0.29) is 17.4 Å². The summed E-state index contributed by atoms with van der Waals surface area (Å²) in [5.41, 5.74) is 5.63. The Hall–Kier alpha value is -2.50. The van der Waals surface area contributed by atoms with Gasteiger partial charge >= 0.3 is 0 Å². The maximum Gasteiger partial charge on any atom is 0.269 e. The van der Waals surface area contributed by atoms with E-state index in [1.807, 2.05) is 12.1 Å². The first kappa shape index (κ1) is 17.8. The molecule has 2 amide bonds. The van der Waals surface area contributed by atoms with Crippen LogP contribution in [0, 0.1) is 11.3 Å². The molecule has 1 aromatic rings. The van der Waals surface area contributed by atoms with Crippen LogP contribution in [0.25, 0.3) is 0 Å². The minimum absolute atomic E-state index is 0.0299. The fourth-order valence-corrected chi connectivity index (χ4v) is 2.60. The monoisotopic (exact) mass is 346 g/mol. The van der Waals surface area contributed by atoms with Crippen molar-refractivity contribution in [3.8, 4) is 6.07 Å². The van der Waals surface area contributed by atoms with E-state index in [1.165, 1.54) is 11.8 Å². The average Bonchev–Trinajstić information content (AvgIpc) is 2.65. The van der Waals surface area contributed by atoms with Crippen LogP contribution in [-0.2, 0) is 9.53 Å². The van der Waals surface area contributed by atoms with Gasteiger partial charge in [-0.25, -0.2) is 0 Å². The summed E-state index contributed by atoms with van der Waals surface area (Å²) in [7, 11) is 0. The number of hydrogen-bond donors (Lipinski definition) is 2. The summed E-state index contributed by atoms with van der Waals surface area (Å²) in [4.78, 5) is 26.1. The number of benzene rings is 1. The number of hydrazine groups is 1. The van der Waals surface area contributed by atoms with Crippen molar-refractivity contribution in [1.82, 2.24) is 15.8 Å². The Kier molecular flexibility index (Phi) is 6.66. The molecule has 0 aliphatic carbocycles. The molecule has 0 radical (unpaired) electrons. The molecule has 24 heavy (non-hydrogen) atoms. The van der Waals surface area contributed by atoms with Gasteiger partial charge in [0, 0.05) is 18.7 Å². The van der Waals surface area contributed by atoms with E-state index in [4.69, 9.17) is 4.74 Å². The number of nitrogens with zero attached hydrogens (tertiary/aromatic N) is 2. The molecule has 1 fully saturated rings. The van der Waals surface area contributed by atoms with Gasteiger partial charge in [-0.1, -0.05) is 18.2 Å². The third-order valence-corrected chi connectivity index (χ3v) is 4.10. The molecule has 0 aromatic heterocycles. The van der Waals surface area contributed by atoms with Crippen molar-refractivity contribution in [3.63, 3.8) is 0 Å². The molecule has 8 heteroatoms. The van der Waals surface area contributed by atoms with Crippen LogP contribution in [0.1, 0.15) is 10.4 Å². The van der Waals surface area contributed by atoms with Crippen molar-refractivity contribution in [2.24, 2.45) is 0 Å². The molecule has 0 unspecified atom stereocenters. The molecule has 1 aliphatic rings. The largest absolute Gasteiger partial charge is 0.378 e. The minimum Gasteiger partial charge on any atom is -0.378 e. The molecule has 7 nitrogen and oxygen atoms in total. The van der Waals surface area contributed by atoms with E-state index in [0.29, 0.717) is 36.9 Å². The van der Waals surface area contributed by atoms with Crippen molar-refractivity contribution in [3.05, 3.63) is 46.5 Å². The van der Waals surface area contributed by atoms with Crippen molar-refractivity contribution in [2.75, 3.05) is 32.6 Å². The predicted octanol–water partition coefficient (Wildman–Crippen LogP) is 0.878. The molecular weight excluding hydrogens is 328 g/mol. The SMILES string of the molecule is CSC(NNC(=O)c1ccccc1)=C(C#N)C(=O)N1CCOCC1. The molecule has 1 aromatic carbocycles. The van der Waals surface area contributed by atoms with E-state index < -0.39 is 0 Å². The number of nitriles is 1. The summed E-state index contributed by atoms with van der Waals surface area (Å²) in [5, 5.41) is 9.66. The fourth-order valence-electron chi connectivity index (χ4n) is 2.11. The number of hydrogen-bond acceptors (Lipinski definition) is 6. The predicted molar refractivity (Wildman–Crippen MR) is 90.6 cm³/mol. The van der Waals surface area contributed by atoms with Crippen LogP contribution in [0.15, 0.2) is 40.9 Å². The van der Waals surface area contributed by atoms with Crippen LogP contribution in [0.2, 0.25) is 0 Å². The molecule has 1 heterocycles. The lowest BCUT2D eigenvalue weighted by Crippen LogP contribution is -2.43. The van der Waals surface area contributed by atoms with E-state index in [0.717, 1.165) is 0 Å². The number of carbonyl (C=O) groups excluding carboxylic acids is 2. The zero-order chi connectivity index (χ0) is 17.4. The molecule has 2 rings (SSSR count). The van der Waals surface area contributed by atoms with Crippen molar-refractivity contribution >= 4 is 23.6 Å². The van der Waals surface area contributed by atoms with Crippen molar-refractivity contribution in [2.45, 2.75) is 0 Å². The Morgan fingerprint density at radius 3 is 2.46 bits per heavy atom. The zero-order valence-electron chi connectivity index (χ0n) is 13.2. The number of nitrogens with one attached hydrogen (secondary N) is 2. The van der Waals surface area contributed by atoms with Crippen LogP contribution < -0.4 is 10.9 Å². The third kappa shape index (κ3) is 4.50. The Morgan fingerprint density at radius 2 is 1.88 bits per heavy atom. The van der Waals surface area contributed by atoms with Gasteiger partial charge in [0.15, 0.2) is 0 Å². The van der Waals surface area contributed by atoms with Crippen molar-refractivity contribution in [1.29, 1.82) is 5.26 Å². The molecule has 1 aliphatic heterocycles. The van der Waals surface area contributed by atoms with Crippen LogP contribution in [0.4, 0.5) is 0 Å². The van der Waals surface area contributed by atoms with E-state index in [9.17, 15) is 14.9 Å². The lowest BCUT2D eigenvalue weighted by molar-refractivity contribution is -0.130. The zero-order valence-corrected chi connectivity index (χ0v) is 14.1. The highest BCUT2D eigenvalue weighted by Gasteiger charge is 2.23. The molecule has 0 saturated carbocycles. The van der Waals surface area contributed by atoms with E-state index in [2.05, 4.69) is 10.9 Å². The van der Waals surface area contributed by atoms with Gasteiger partial charge in [-0.15, -0.1) is 11.8 Å². The molecular formula is C16H18N4O3S. The Bertz CT molecular complexity index is 664. The summed E-state index contributed by atoms with van der Waals surface area (Å²) in [6, 6.07) is 10.6. The van der Waals surface area contributed by atoms with Gasteiger partial charge in [0.25, 0.3) is 11.8 Å². The van der Waals surface area contributed by atoms with Crippen LogP contribution in [0.5, 0.6) is 0 Å². The Morgan fingerprint density at radius 1 is 1.21 bits per heavy atom. The second kappa shape index (κ2) is 8.96. The lowest BCUT2D eigenvalue weighted by atomic mass is 10.2. The highest BCUT2D eigenvalue weighted by Crippen LogP contribution is 2.16. The Balaban J connectivity index is 2.08. The minimum atomic E-state index is -0.369. The Labute approximate surface area is 144 Å². The van der Waals surface area contributed by atoms with Gasteiger partial charge in [-0.3, -0.25) is 20.4 Å². The summed E-state index contributed by atoms with van der Waals surface area (Å²) in [6.45, 7) is 1.80. The topological polar surface area (TPSA) is 94.5 Å². The summed E-state index contributed by atoms with van der Waals surface area (Å²) in [5.74, 6) is -0.718. The second-order valence-electron chi connectivity index (χ2n) is 4.87. The first-order chi connectivity index (χ1) is 11.7. The van der Waals surface area contributed by atoms with Gasteiger partial charge in [0.1, 0.15) is 16.7 Å². The number of rotatable bonds is 5. The molecule has 2 N–H and O–H groups in total. The summed E-state index contributed by atoms with van der Waals surface area (Å²) in [6.07, 6.45) is 1.72. The third-order valence-electron chi connectivity index (χ3n) is 3.38. The molecule has 126 valence electrons. The van der Waals surface area contributed by atoms with E-state index >= 15 is 0 Å². The van der Waals surface area contributed by atoms with Gasteiger partial charge in [0.2, 0.25) is 0 Å². The quantitative estimate of drug-likeness (QED) is 0.467. The lowest BCUT2D eigenvalue weighted by Gasteiger charge is -2.27. The number of thioether (sulfide) groups is 1. The molecule has 0 atom stereocenters. The molecule has 0 spiro atoms. The first-order valence-corrected chi connectivity index (χ1v) is 8.56. The normalized spacial score (nSPS) is 15.1. The number of morpholine rings is 1. The van der Waals surface area contributed by atoms with Crippen LogP contribution >= 0.6 is 11.8 Å². The molecule has 0 bridgehead atoms. The highest BCUT2D eigenvalue weighted by atomic mass is 32.2. The summed E-state index contributed by atoms with van der Waals surface area (Å²) >= 11 is 1.18. The number of ether oxygens (including phenoxy) is 1. The highest BCUT2D eigenvalue weighted by molar-refractivity contribution is 8.02. The summed E-state index contributed by atoms with van der Waals surface area (Å²) < 4.78 is 5.21. The fraction of sp³-hybridized carbons (Fsp3) is 0.312. The van der Waals surface area contributed by atoms with Crippen LogP contribution in [-0.4, -0.2) is 49.3 Å². The van der Waals surface area contributed by atoms with E-state index in [1.54, 1.807) is 35.4 Å². The van der Waals surface area contributed by atoms with Crippen LogP contribution in [0.3, 0.4) is 0 Å². The maximum atomic E-state index is 12.5. The van der Waals surface area contributed by atoms with Gasteiger partial charge < -0.3 is 9.64 Å². The standard InChI is InChI=1S/C16H18N4O3S/c1-24-15(19-18-14(21)12-5-3-2-4-6-12)13(11-17)16(22)20-7-9-23-10-8-20/h2-6,19H,7-10H2,1H3,(H,18,21).